The third-order valence-electron chi connectivity index (χ3n) is 3.60. The minimum absolute atomic E-state index is 0.202. The molecule has 0 aliphatic carbocycles. The van der Waals surface area contributed by atoms with Gasteiger partial charge in [-0.1, -0.05) is 6.92 Å². The Morgan fingerprint density at radius 1 is 1.50 bits per heavy atom. The first-order valence-corrected chi connectivity index (χ1v) is 6.88. The number of rotatable bonds is 2. The van der Waals surface area contributed by atoms with E-state index in [0.29, 0.717) is 11.5 Å². The highest BCUT2D eigenvalue weighted by molar-refractivity contribution is 9.10. The van der Waals surface area contributed by atoms with E-state index in [9.17, 15) is 4.79 Å². The second-order valence-corrected chi connectivity index (χ2v) is 5.76. The summed E-state index contributed by atoms with van der Waals surface area (Å²) in [6.45, 7) is 4.04. The summed E-state index contributed by atoms with van der Waals surface area (Å²) in [5.74, 6) is 0.145. The van der Waals surface area contributed by atoms with Crippen LogP contribution >= 0.6 is 15.9 Å². The Hall–Kier alpha value is -1.07. The van der Waals surface area contributed by atoms with Crippen molar-refractivity contribution >= 4 is 27.5 Å². The summed E-state index contributed by atoms with van der Waals surface area (Å²) in [5, 5.41) is 0. The van der Waals surface area contributed by atoms with E-state index in [2.05, 4.69) is 27.8 Å². The van der Waals surface area contributed by atoms with Crippen molar-refractivity contribution in [1.82, 2.24) is 0 Å². The van der Waals surface area contributed by atoms with Gasteiger partial charge in [0.15, 0.2) is 0 Å². The molecule has 18 heavy (non-hydrogen) atoms. The number of halogens is 1. The van der Waals surface area contributed by atoms with E-state index < -0.39 is 5.91 Å². The maximum Gasteiger partial charge on any atom is 0.249 e. The topological polar surface area (TPSA) is 72.3 Å². The van der Waals surface area contributed by atoms with Crippen LogP contribution < -0.4 is 16.4 Å². The fourth-order valence-corrected chi connectivity index (χ4v) is 2.80. The van der Waals surface area contributed by atoms with E-state index in [-0.39, 0.29) is 6.04 Å². The molecule has 1 fully saturated rings. The van der Waals surface area contributed by atoms with Gasteiger partial charge < -0.3 is 16.4 Å². The van der Waals surface area contributed by atoms with Crippen LogP contribution in [0.1, 0.15) is 23.7 Å². The van der Waals surface area contributed by atoms with E-state index in [0.717, 1.165) is 29.7 Å². The molecule has 1 aromatic carbocycles. The number of benzene rings is 1. The van der Waals surface area contributed by atoms with Crippen LogP contribution in [0.25, 0.3) is 0 Å². The van der Waals surface area contributed by atoms with Gasteiger partial charge in [-0.05, 0) is 46.5 Å². The summed E-state index contributed by atoms with van der Waals surface area (Å²) in [6.07, 6.45) is 1.09. The smallest absolute Gasteiger partial charge is 0.249 e. The molecule has 5 heteroatoms. The molecule has 4 nitrogen and oxygen atoms in total. The van der Waals surface area contributed by atoms with Gasteiger partial charge in [0.2, 0.25) is 5.91 Å². The zero-order valence-electron chi connectivity index (χ0n) is 10.4. The molecule has 1 saturated heterocycles. The van der Waals surface area contributed by atoms with Gasteiger partial charge in [0.1, 0.15) is 0 Å². The fraction of sp³-hybridized carbons (Fsp3) is 0.462. The van der Waals surface area contributed by atoms with Crippen LogP contribution in [0.3, 0.4) is 0 Å². The van der Waals surface area contributed by atoms with Crippen LogP contribution in [0.4, 0.5) is 5.69 Å². The number of hydrogen-bond donors (Lipinski definition) is 2. The van der Waals surface area contributed by atoms with Gasteiger partial charge in [-0.25, -0.2) is 0 Å². The average molecular weight is 312 g/mol. The van der Waals surface area contributed by atoms with Crippen LogP contribution in [0, 0.1) is 5.92 Å². The van der Waals surface area contributed by atoms with Crippen LogP contribution in [-0.2, 0) is 0 Å². The molecular weight excluding hydrogens is 294 g/mol. The SMILES string of the molecule is CC1CCN(c2ccc(C(N)=O)c(Br)c2)CC1N. The summed E-state index contributed by atoms with van der Waals surface area (Å²) in [7, 11) is 0. The van der Waals surface area contributed by atoms with Crippen molar-refractivity contribution in [3.8, 4) is 0 Å². The van der Waals surface area contributed by atoms with E-state index in [4.69, 9.17) is 11.5 Å². The molecule has 1 aliphatic heterocycles. The van der Waals surface area contributed by atoms with E-state index in [1.54, 1.807) is 6.07 Å². The maximum atomic E-state index is 11.2. The van der Waals surface area contributed by atoms with Gasteiger partial charge >= 0.3 is 0 Å². The average Bonchev–Trinajstić information content (AvgIpc) is 2.32. The molecule has 2 unspecified atom stereocenters. The highest BCUT2D eigenvalue weighted by atomic mass is 79.9. The van der Waals surface area contributed by atoms with Gasteiger partial charge in [0, 0.05) is 29.3 Å². The number of anilines is 1. The summed E-state index contributed by atoms with van der Waals surface area (Å²) < 4.78 is 0.736. The fourth-order valence-electron chi connectivity index (χ4n) is 2.23. The predicted octanol–water partition coefficient (Wildman–Crippen LogP) is 1.72. The number of nitrogens with zero attached hydrogens (tertiary/aromatic N) is 1. The van der Waals surface area contributed by atoms with Gasteiger partial charge in [-0.3, -0.25) is 4.79 Å². The molecule has 0 bridgehead atoms. The molecule has 0 spiro atoms. The molecule has 98 valence electrons. The summed E-state index contributed by atoms with van der Waals surface area (Å²) >= 11 is 3.38. The normalized spacial score (nSPS) is 24.1. The second kappa shape index (κ2) is 5.28. The highest BCUT2D eigenvalue weighted by Gasteiger charge is 2.23. The standard InChI is InChI=1S/C13H18BrN3O/c1-8-4-5-17(7-12(8)15)9-2-3-10(13(16)18)11(14)6-9/h2-3,6,8,12H,4-5,7,15H2,1H3,(H2,16,18). The number of nitrogens with two attached hydrogens (primary N) is 2. The van der Waals surface area contributed by atoms with E-state index in [1.807, 2.05) is 12.1 Å². The van der Waals surface area contributed by atoms with Gasteiger partial charge in [0.25, 0.3) is 0 Å². The van der Waals surface area contributed by atoms with Crippen molar-refractivity contribution in [2.75, 3.05) is 18.0 Å². The molecule has 1 aliphatic rings. The Morgan fingerprint density at radius 2 is 2.22 bits per heavy atom. The number of piperidine rings is 1. The first kappa shape index (κ1) is 13.4. The van der Waals surface area contributed by atoms with E-state index in [1.165, 1.54) is 0 Å². The minimum atomic E-state index is -0.419. The molecule has 2 rings (SSSR count). The Bertz CT molecular complexity index is 464. The summed E-state index contributed by atoms with van der Waals surface area (Å²) in [6, 6.07) is 5.81. The largest absolute Gasteiger partial charge is 0.370 e. The number of primary amides is 1. The molecule has 0 aromatic heterocycles. The number of carbonyl (C=O) groups excluding carboxylic acids is 1. The van der Waals surface area contributed by atoms with Crippen LogP contribution in [0.2, 0.25) is 0 Å². The number of hydrogen-bond acceptors (Lipinski definition) is 3. The maximum absolute atomic E-state index is 11.2. The Kier molecular flexibility index (Phi) is 3.92. The lowest BCUT2D eigenvalue weighted by Gasteiger charge is -2.36. The molecule has 0 saturated carbocycles. The van der Waals surface area contributed by atoms with Crippen LogP contribution in [0.15, 0.2) is 22.7 Å². The van der Waals surface area contributed by atoms with E-state index >= 15 is 0 Å². The van der Waals surface area contributed by atoms with Gasteiger partial charge in [-0.2, -0.15) is 0 Å². The molecular formula is C13H18BrN3O. The zero-order valence-corrected chi connectivity index (χ0v) is 12.0. The lowest BCUT2D eigenvalue weighted by Crippen LogP contribution is -2.47. The van der Waals surface area contributed by atoms with Crippen molar-refractivity contribution in [3.05, 3.63) is 28.2 Å². The second-order valence-electron chi connectivity index (χ2n) is 4.90. The van der Waals surface area contributed by atoms with Crippen molar-refractivity contribution in [2.45, 2.75) is 19.4 Å². The minimum Gasteiger partial charge on any atom is -0.370 e. The van der Waals surface area contributed by atoms with Crippen molar-refractivity contribution in [1.29, 1.82) is 0 Å². The third-order valence-corrected chi connectivity index (χ3v) is 4.26. The first-order valence-electron chi connectivity index (χ1n) is 6.09. The molecule has 1 aromatic rings. The number of amides is 1. The van der Waals surface area contributed by atoms with Crippen molar-refractivity contribution < 1.29 is 4.79 Å². The Morgan fingerprint density at radius 3 is 2.78 bits per heavy atom. The Balaban J connectivity index is 2.19. The Labute approximate surface area is 115 Å². The molecule has 2 atom stereocenters. The van der Waals surface area contributed by atoms with Gasteiger partial charge in [-0.15, -0.1) is 0 Å². The number of carbonyl (C=O) groups is 1. The van der Waals surface area contributed by atoms with Gasteiger partial charge in [0.05, 0.1) is 5.56 Å². The summed E-state index contributed by atoms with van der Waals surface area (Å²) in [4.78, 5) is 13.4. The zero-order chi connectivity index (χ0) is 13.3. The molecule has 0 radical (unpaired) electrons. The lowest BCUT2D eigenvalue weighted by molar-refractivity contribution is 0.0999. The van der Waals surface area contributed by atoms with Crippen LogP contribution in [0.5, 0.6) is 0 Å². The highest BCUT2D eigenvalue weighted by Crippen LogP contribution is 2.27. The quantitative estimate of drug-likeness (QED) is 0.873. The molecule has 1 heterocycles. The molecule has 4 N–H and O–H groups in total. The molecule has 1 amide bonds. The first-order chi connectivity index (χ1) is 8.49. The predicted molar refractivity (Wildman–Crippen MR) is 76.6 cm³/mol. The lowest BCUT2D eigenvalue weighted by atomic mass is 9.94. The van der Waals surface area contributed by atoms with Crippen molar-refractivity contribution in [3.63, 3.8) is 0 Å². The third kappa shape index (κ3) is 2.67. The van der Waals surface area contributed by atoms with Crippen molar-refractivity contribution in [2.24, 2.45) is 17.4 Å². The summed E-state index contributed by atoms with van der Waals surface area (Å²) in [5.41, 5.74) is 13.0. The van der Waals surface area contributed by atoms with Crippen LogP contribution in [-0.4, -0.2) is 25.0 Å². The monoisotopic (exact) mass is 311 g/mol.